The van der Waals surface area contributed by atoms with Crippen molar-refractivity contribution < 1.29 is 9.15 Å². The van der Waals surface area contributed by atoms with E-state index in [1.807, 2.05) is 19.1 Å². The van der Waals surface area contributed by atoms with Gasteiger partial charge in [0.15, 0.2) is 0 Å². The maximum atomic E-state index is 11.8. The van der Waals surface area contributed by atoms with E-state index in [-0.39, 0.29) is 17.8 Å². The van der Waals surface area contributed by atoms with Crippen molar-refractivity contribution in [3.63, 3.8) is 0 Å². The third-order valence-electron chi connectivity index (χ3n) is 3.87. The molecule has 2 aromatic rings. The van der Waals surface area contributed by atoms with Gasteiger partial charge in [0.05, 0.1) is 12.2 Å². The van der Waals surface area contributed by atoms with Gasteiger partial charge in [0, 0.05) is 31.1 Å². The molecular formula is C17H21NO3. The highest BCUT2D eigenvalue weighted by Gasteiger charge is 2.22. The van der Waals surface area contributed by atoms with Gasteiger partial charge in [-0.3, -0.25) is 4.90 Å². The molecule has 1 aromatic heterocycles. The molecule has 0 unspecified atom stereocenters. The molecule has 4 nitrogen and oxygen atoms in total. The van der Waals surface area contributed by atoms with Gasteiger partial charge in [0.1, 0.15) is 5.58 Å². The number of rotatable bonds is 2. The highest BCUT2D eigenvalue weighted by Crippen LogP contribution is 2.21. The maximum absolute atomic E-state index is 11.8. The average Bonchev–Trinajstić information content (AvgIpc) is 2.36. The van der Waals surface area contributed by atoms with E-state index in [0.29, 0.717) is 5.58 Å². The first kappa shape index (κ1) is 14.3. The normalized spacial score (nSPS) is 23.6. The summed E-state index contributed by atoms with van der Waals surface area (Å²) in [4.78, 5) is 14.1. The molecule has 0 amide bonds. The Balaban J connectivity index is 1.95. The van der Waals surface area contributed by atoms with Crippen molar-refractivity contribution in [2.24, 2.45) is 0 Å². The Morgan fingerprint density at radius 2 is 1.90 bits per heavy atom. The lowest BCUT2D eigenvalue weighted by Gasteiger charge is -2.35. The molecule has 3 rings (SSSR count). The monoisotopic (exact) mass is 287 g/mol. The summed E-state index contributed by atoms with van der Waals surface area (Å²) in [5, 5.41) is 1.02. The highest BCUT2D eigenvalue weighted by atomic mass is 16.5. The first-order valence-electron chi connectivity index (χ1n) is 7.42. The molecule has 2 heterocycles. The minimum Gasteiger partial charge on any atom is -0.423 e. The molecule has 1 aromatic carbocycles. The maximum Gasteiger partial charge on any atom is 0.336 e. The third kappa shape index (κ3) is 3.17. The summed E-state index contributed by atoms with van der Waals surface area (Å²) in [6, 6.07) is 7.62. The van der Waals surface area contributed by atoms with E-state index >= 15 is 0 Å². The van der Waals surface area contributed by atoms with Crippen LogP contribution in [0.4, 0.5) is 0 Å². The lowest BCUT2D eigenvalue weighted by atomic mass is 10.1. The molecule has 0 N–H and O–H groups in total. The van der Waals surface area contributed by atoms with E-state index in [4.69, 9.17) is 9.15 Å². The smallest absolute Gasteiger partial charge is 0.336 e. The molecule has 21 heavy (non-hydrogen) atoms. The Morgan fingerprint density at radius 1 is 1.19 bits per heavy atom. The van der Waals surface area contributed by atoms with Crippen LogP contribution in [0.25, 0.3) is 11.0 Å². The van der Waals surface area contributed by atoms with E-state index in [1.165, 1.54) is 0 Å². The zero-order valence-corrected chi connectivity index (χ0v) is 12.8. The quantitative estimate of drug-likeness (QED) is 0.797. The minimum atomic E-state index is -0.280. The van der Waals surface area contributed by atoms with Gasteiger partial charge in [-0.15, -0.1) is 0 Å². The molecule has 1 fully saturated rings. The first-order valence-corrected chi connectivity index (χ1v) is 7.42. The van der Waals surface area contributed by atoms with Crippen molar-refractivity contribution >= 4 is 11.0 Å². The number of morpholine rings is 1. The van der Waals surface area contributed by atoms with Gasteiger partial charge in [-0.05, 0) is 38.0 Å². The van der Waals surface area contributed by atoms with Gasteiger partial charge < -0.3 is 9.15 Å². The molecule has 0 radical (unpaired) electrons. The van der Waals surface area contributed by atoms with Crippen molar-refractivity contribution in [1.82, 2.24) is 4.90 Å². The van der Waals surface area contributed by atoms with Crippen LogP contribution in [0.2, 0.25) is 0 Å². The predicted molar refractivity (Wildman–Crippen MR) is 82.5 cm³/mol. The lowest BCUT2D eigenvalue weighted by Crippen LogP contribution is -2.44. The molecule has 0 aliphatic carbocycles. The summed E-state index contributed by atoms with van der Waals surface area (Å²) in [6.07, 6.45) is 0.449. The van der Waals surface area contributed by atoms with Gasteiger partial charge in [0.25, 0.3) is 0 Å². The molecule has 0 saturated carbocycles. The molecule has 1 aliphatic heterocycles. The molecule has 112 valence electrons. The Morgan fingerprint density at radius 3 is 2.62 bits per heavy atom. The fourth-order valence-electron chi connectivity index (χ4n) is 3.12. The fourth-order valence-corrected chi connectivity index (χ4v) is 3.12. The second-order valence-electron chi connectivity index (χ2n) is 6.04. The van der Waals surface area contributed by atoms with E-state index in [1.54, 1.807) is 6.07 Å². The minimum absolute atomic E-state index is 0.224. The first-order chi connectivity index (χ1) is 10.0. The van der Waals surface area contributed by atoms with E-state index in [9.17, 15) is 4.79 Å². The zero-order chi connectivity index (χ0) is 15.0. The number of nitrogens with zero attached hydrogens (tertiary/aromatic N) is 1. The van der Waals surface area contributed by atoms with E-state index in [0.717, 1.165) is 36.1 Å². The van der Waals surface area contributed by atoms with Gasteiger partial charge in [-0.25, -0.2) is 4.79 Å². The Hall–Kier alpha value is -1.65. The van der Waals surface area contributed by atoms with E-state index < -0.39 is 0 Å². The van der Waals surface area contributed by atoms with Crippen LogP contribution in [0.5, 0.6) is 0 Å². The van der Waals surface area contributed by atoms with Crippen molar-refractivity contribution in [2.45, 2.75) is 39.5 Å². The molecular weight excluding hydrogens is 266 g/mol. The van der Waals surface area contributed by atoms with Gasteiger partial charge in [-0.1, -0.05) is 12.1 Å². The highest BCUT2D eigenvalue weighted by molar-refractivity contribution is 5.80. The number of aryl methyl sites for hydroxylation is 1. The summed E-state index contributed by atoms with van der Waals surface area (Å²) < 4.78 is 11.1. The van der Waals surface area contributed by atoms with Gasteiger partial charge >= 0.3 is 5.63 Å². The van der Waals surface area contributed by atoms with E-state index in [2.05, 4.69) is 24.8 Å². The summed E-state index contributed by atoms with van der Waals surface area (Å²) in [6.45, 7) is 8.70. The Kier molecular flexibility index (Phi) is 3.83. The van der Waals surface area contributed by atoms with Crippen LogP contribution in [0.3, 0.4) is 0 Å². The Labute approximate surface area is 124 Å². The van der Waals surface area contributed by atoms with Crippen molar-refractivity contribution in [3.05, 3.63) is 45.8 Å². The fraction of sp³-hybridized carbons (Fsp3) is 0.471. The van der Waals surface area contributed by atoms with Crippen LogP contribution in [0, 0.1) is 6.92 Å². The SMILES string of the molecule is Cc1ccc2c(CN3C[C@@H](C)O[C@H](C)C3)cc(=O)oc2c1. The predicted octanol–water partition coefficient (Wildman–Crippen LogP) is 2.71. The molecule has 4 heteroatoms. The van der Waals surface area contributed by atoms with Crippen molar-refractivity contribution in [1.29, 1.82) is 0 Å². The topological polar surface area (TPSA) is 42.7 Å². The molecule has 2 atom stereocenters. The zero-order valence-electron chi connectivity index (χ0n) is 12.8. The van der Waals surface area contributed by atoms with Crippen LogP contribution in [-0.4, -0.2) is 30.2 Å². The van der Waals surface area contributed by atoms with Gasteiger partial charge in [0.2, 0.25) is 0 Å². The van der Waals surface area contributed by atoms with Crippen LogP contribution in [-0.2, 0) is 11.3 Å². The molecule has 0 bridgehead atoms. The Bertz CT molecular complexity index is 697. The molecule has 0 spiro atoms. The van der Waals surface area contributed by atoms with Gasteiger partial charge in [-0.2, -0.15) is 0 Å². The average molecular weight is 287 g/mol. The standard InChI is InChI=1S/C17H21NO3/c1-11-4-5-15-14(7-17(19)21-16(15)6-11)10-18-8-12(2)20-13(3)9-18/h4-7,12-13H,8-10H2,1-3H3/t12-,13-/m1/s1. The lowest BCUT2D eigenvalue weighted by molar-refractivity contribution is -0.0704. The number of hydrogen-bond donors (Lipinski definition) is 0. The number of benzene rings is 1. The van der Waals surface area contributed by atoms with Crippen LogP contribution in [0.15, 0.2) is 33.5 Å². The summed E-state index contributed by atoms with van der Waals surface area (Å²) >= 11 is 0. The van der Waals surface area contributed by atoms with Crippen LogP contribution in [0.1, 0.15) is 25.0 Å². The third-order valence-corrected chi connectivity index (χ3v) is 3.87. The summed E-state index contributed by atoms with van der Waals surface area (Å²) in [5.41, 5.74) is 2.52. The molecule has 1 aliphatic rings. The van der Waals surface area contributed by atoms with Crippen molar-refractivity contribution in [2.75, 3.05) is 13.1 Å². The van der Waals surface area contributed by atoms with Crippen molar-refractivity contribution in [3.8, 4) is 0 Å². The largest absolute Gasteiger partial charge is 0.423 e. The number of fused-ring (bicyclic) bond motifs is 1. The number of hydrogen-bond acceptors (Lipinski definition) is 4. The second-order valence-corrected chi connectivity index (χ2v) is 6.04. The van der Waals surface area contributed by atoms with Crippen LogP contribution < -0.4 is 5.63 Å². The van der Waals surface area contributed by atoms with Crippen LogP contribution >= 0.6 is 0 Å². The second kappa shape index (κ2) is 5.62. The number of ether oxygens (including phenoxy) is 1. The molecule has 1 saturated heterocycles. The summed E-state index contributed by atoms with van der Waals surface area (Å²) in [5.74, 6) is 0. The summed E-state index contributed by atoms with van der Waals surface area (Å²) in [7, 11) is 0.